The Hall–Kier alpha value is -0.990. The second-order valence-electron chi connectivity index (χ2n) is 4.19. The molecule has 3 rings (SSSR count). The normalized spacial score (nSPS) is 20.7. The van der Waals surface area contributed by atoms with E-state index in [1.807, 2.05) is 16.2 Å². The van der Waals surface area contributed by atoms with Gasteiger partial charge in [-0.3, -0.25) is 9.13 Å². The Bertz CT molecular complexity index is 409. The van der Waals surface area contributed by atoms with Gasteiger partial charge in [0.2, 0.25) is 0 Å². The van der Waals surface area contributed by atoms with Gasteiger partial charge in [0, 0.05) is 24.5 Å². The van der Waals surface area contributed by atoms with Crippen molar-refractivity contribution in [3.8, 4) is 0 Å². The molecule has 0 saturated heterocycles. The Balaban J connectivity index is 2.27. The van der Waals surface area contributed by atoms with Gasteiger partial charge in [0.05, 0.1) is 0 Å². The lowest BCUT2D eigenvalue weighted by Gasteiger charge is -2.00. The topological polar surface area (TPSA) is 26.9 Å². The molecule has 0 radical (unpaired) electrons. The van der Waals surface area contributed by atoms with Crippen molar-refractivity contribution in [2.45, 2.75) is 38.1 Å². The first kappa shape index (κ1) is 7.42. The van der Waals surface area contributed by atoms with Crippen molar-refractivity contribution in [2.75, 3.05) is 0 Å². The Morgan fingerprint density at radius 2 is 1.92 bits per heavy atom. The third-order valence-corrected chi connectivity index (χ3v) is 3.26. The second kappa shape index (κ2) is 2.28. The van der Waals surface area contributed by atoms with E-state index in [0.29, 0.717) is 6.04 Å². The Morgan fingerprint density at radius 3 is 2.62 bits per heavy atom. The molecule has 1 fully saturated rings. The van der Waals surface area contributed by atoms with Crippen molar-refractivity contribution in [1.29, 1.82) is 0 Å². The van der Waals surface area contributed by atoms with Gasteiger partial charge in [-0.15, -0.1) is 0 Å². The van der Waals surface area contributed by atoms with Gasteiger partial charge in [0.15, 0.2) is 0 Å². The van der Waals surface area contributed by atoms with Crippen LogP contribution in [-0.2, 0) is 19.9 Å². The molecule has 0 atom stereocenters. The molecule has 70 valence electrons. The summed E-state index contributed by atoms with van der Waals surface area (Å²) in [6, 6.07) is 0.542. The zero-order valence-corrected chi connectivity index (χ0v) is 7.92. The molecule has 3 nitrogen and oxygen atoms in total. The van der Waals surface area contributed by atoms with Gasteiger partial charge in [-0.2, -0.15) is 0 Å². The fourth-order valence-electron chi connectivity index (χ4n) is 2.43. The molecule has 13 heavy (non-hydrogen) atoms. The van der Waals surface area contributed by atoms with E-state index in [9.17, 15) is 4.79 Å². The van der Waals surface area contributed by atoms with Crippen LogP contribution in [0.1, 0.15) is 36.7 Å². The summed E-state index contributed by atoms with van der Waals surface area (Å²) in [5, 5.41) is 0. The first-order valence-electron chi connectivity index (χ1n) is 5.08. The maximum Gasteiger partial charge on any atom is 0.328 e. The van der Waals surface area contributed by atoms with E-state index in [2.05, 4.69) is 0 Å². The summed E-state index contributed by atoms with van der Waals surface area (Å²) >= 11 is 0. The summed E-state index contributed by atoms with van der Waals surface area (Å²) in [5.41, 5.74) is 2.83. The van der Waals surface area contributed by atoms with E-state index in [-0.39, 0.29) is 5.69 Å². The number of hydrogen-bond donors (Lipinski definition) is 0. The van der Waals surface area contributed by atoms with Crippen LogP contribution in [-0.4, -0.2) is 9.13 Å². The minimum Gasteiger partial charge on any atom is -0.299 e. The Labute approximate surface area is 77.0 Å². The second-order valence-corrected chi connectivity index (χ2v) is 4.19. The van der Waals surface area contributed by atoms with Crippen molar-refractivity contribution >= 4 is 0 Å². The molecular formula is C10H14N2O. The lowest BCUT2D eigenvalue weighted by Crippen LogP contribution is -2.23. The predicted octanol–water partition coefficient (Wildman–Crippen LogP) is 1.01. The molecule has 0 unspecified atom stereocenters. The summed E-state index contributed by atoms with van der Waals surface area (Å²) in [5.74, 6) is 0. The van der Waals surface area contributed by atoms with Gasteiger partial charge in [-0.05, 0) is 32.1 Å². The van der Waals surface area contributed by atoms with Crippen molar-refractivity contribution in [2.24, 2.45) is 7.05 Å². The van der Waals surface area contributed by atoms with E-state index in [1.165, 1.54) is 30.7 Å². The highest BCUT2D eigenvalue weighted by atomic mass is 16.1. The van der Waals surface area contributed by atoms with Crippen LogP contribution in [0.3, 0.4) is 0 Å². The number of rotatable bonds is 1. The van der Waals surface area contributed by atoms with Crippen LogP contribution < -0.4 is 5.69 Å². The number of imidazole rings is 1. The van der Waals surface area contributed by atoms with E-state index in [0.717, 1.165) is 12.8 Å². The molecule has 0 N–H and O–H groups in total. The summed E-state index contributed by atoms with van der Waals surface area (Å²) in [6.07, 6.45) is 5.85. The van der Waals surface area contributed by atoms with Crippen LogP contribution in [0.2, 0.25) is 0 Å². The van der Waals surface area contributed by atoms with Crippen LogP contribution in [0.15, 0.2) is 4.79 Å². The quantitative estimate of drug-likeness (QED) is 0.630. The SMILES string of the molecule is Cn1c2c(n(C3CC3)c1=O)CCC2. The summed E-state index contributed by atoms with van der Waals surface area (Å²) in [7, 11) is 1.91. The van der Waals surface area contributed by atoms with E-state index in [1.54, 1.807) is 0 Å². The summed E-state index contributed by atoms with van der Waals surface area (Å²) in [6.45, 7) is 0. The Morgan fingerprint density at radius 1 is 1.23 bits per heavy atom. The largest absolute Gasteiger partial charge is 0.328 e. The summed E-state index contributed by atoms with van der Waals surface area (Å²) < 4.78 is 3.89. The summed E-state index contributed by atoms with van der Waals surface area (Å²) in [4.78, 5) is 11.8. The lowest BCUT2D eigenvalue weighted by atomic mass is 10.3. The third kappa shape index (κ3) is 0.872. The van der Waals surface area contributed by atoms with Gasteiger partial charge in [-0.25, -0.2) is 4.79 Å². The zero-order chi connectivity index (χ0) is 9.00. The smallest absolute Gasteiger partial charge is 0.299 e. The number of fused-ring (bicyclic) bond motifs is 1. The highest BCUT2D eigenvalue weighted by Crippen LogP contribution is 2.37. The highest BCUT2D eigenvalue weighted by molar-refractivity contribution is 5.22. The standard InChI is InChI=1S/C10H14N2O/c1-11-8-3-2-4-9(8)12(10(11)13)7-5-6-7/h7H,2-6H2,1H3. The van der Waals surface area contributed by atoms with Gasteiger partial charge in [0.1, 0.15) is 0 Å². The predicted molar refractivity (Wildman–Crippen MR) is 50.0 cm³/mol. The molecule has 0 amide bonds. The van der Waals surface area contributed by atoms with Crippen molar-refractivity contribution in [3.05, 3.63) is 21.9 Å². The zero-order valence-electron chi connectivity index (χ0n) is 7.92. The van der Waals surface area contributed by atoms with Gasteiger partial charge in [-0.1, -0.05) is 0 Å². The third-order valence-electron chi connectivity index (χ3n) is 3.26. The van der Waals surface area contributed by atoms with Crippen LogP contribution in [0.4, 0.5) is 0 Å². The molecule has 0 spiro atoms. The van der Waals surface area contributed by atoms with E-state index in [4.69, 9.17) is 0 Å². The van der Waals surface area contributed by atoms with Crippen LogP contribution in [0, 0.1) is 0 Å². The fraction of sp³-hybridized carbons (Fsp3) is 0.700. The molecule has 1 heterocycles. The molecule has 0 aromatic carbocycles. The highest BCUT2D eigenvalue weighted by Gasteiger charge is 2.32. The molecule has 2 aliphatic rings. The number of nitrogens with zero attached hydrogens (tertiary/aromatic N) is 2. The van der Waals surface area contributed by atoms with Gasteiger partial charge < -0.3 is 0 Å². The van der Waals surface area contributed by atoms with Crippen molar-refractivity contribution < 1.29 is 0 Å². The fourth-order valence-corrected chi connectivity index (χ4v) is 2.43. The van der Waals surface area contributed by atoms with Crippen LogP contribution in [0.25, 0.3) is 0 Å². The minimum atomic E-state index is 0.215. The van der Waals surface area contributed by atoms with Gasteiger partial charge in [0.25, 0.3) is 0 Å². The lowest BCUT2D eigenvalue weighted by molar-refractivity contribution is 0.635. The molecule has 1 aromatic rings. The first-order valence-corrected chi connectivity index (χ1v) is 5.08. The monoisotopic (exact) mass is 178 g/mol. The maximum atomic E-state index is 11.8. The molecule has 3 heteroatoms. The Kier molecular flexibility index (Phi) is 1.30. The average molecular weight is 178 g/mol. The van der Waals surface area contributed by atoms with Crippen LogP contribution in [0.5, 0.6) is 0 Å². The number of aromatic nitrogens is 2. The maximum absolute atomic E-state index is 11.8. The minimum absolute atomic E-state index is 0.215. The molecule has 2 aliphatic carbocycles. The van der Waals surface area contributed by atoms with E-state index >= 15 is 0 Å². The van der Waals surface area contributed by atoms with Crippen molar-refractivity contribution in [3.63, 3.8) is 0 Å². The molecule has 1 aromatic heterocycles. The molecule has 1 saturated carbocycles. The van der Waals surface area contributed by atoms with Gasteiger partial charge >= 0.3 is 5.69 Å². The molecule has 0 bridgehead atoms. The first-order chi connectivity index (χ1) is 6.29. The molecule has 0 aliphatic heterocycles. The average Bonchev–Trinajstić information content (AvgIpc) is 2.77. The van der Waals surface area contributed by atoms with Crippen molar-refractivity contribution in [1.82, 2.24) is 9.13 Å². The molecular weight excluding hydrogens is 164 g/mol. The van der Waals surface area contributed by atoms with Crippen LogP contribution >= 0.6 is 0 Å². The van der Waals surface area contributed by atoms with E-state index < -0.39 is 0 Å². The number of hydrogen-bond acceptors (Lipinski definition) is 1.